The Morgan fingerprint density at radius 1 is 1.48 bits per heavy atom. The van der Waals surface area contributed by atoms with Crippen LogP contribution >= 0.6 is 38.9 Å². The van der Waals surface area contributed by atoms with E-state index in [1.807, 2.05) is 12.1 Å². The molecule has 0 bridgehead atoms. The number of rotatable bonds is 5. The van der Waals surface area contributed by atoms with Crippen molar-refractivity contribution in [3.63, 3.8) is 0 Å². The van der Waals surface area contributed by atoms with Crippen molar-refractivity contribution in [2.24, 2.45) is 0 Å². The molecule has 0 saturated carbocycles. The number of alkyl halides is 2. The van der Waals surface area contributed by atoms with Crippen molar-refractivity contribution < 1.29 is 18.4 Å². The Balaban J connectivity index is 1.59. The average molecular weight is 504 g/mol. The molecule has 2 heterocycles. The number of hydrogen-bond acceptors (Lipinski definition) is 5. The summed E-state index contributed by atoms with van der Waals surface area (Å²) in [4.78, 5) is 29.4. The minimum atomic E-state index is -3.10. The lowest BCUT2D eigenvalue weighted by Crippen LogP contribution is -2.43. The fourth-order valence-corrected chi connectivity index (χ4v) is 4.27. The highest BCUT2D eigenvalue weighted by molar-refractivity contribution is 9.10. The molecule has 2 aromatic rings. The predicted molar refractivity (Wildman–Crippen MR) is 107 cm³/mol. The lowest BCUT2D eigenvalue weighted by Gasteiger charge is -2.19. The zero-order valence-corrected chi connectivity index (χ0v) is 18.0. The van der Waals surface area contributed by atoms with E-state index in [-0.39, 0.29) is 5.69 Å². The predicted octanol–water partition coefficient (Wildman–Crippen LogP) is 3.64. The number of aromatic nitrogens is 1. The largest absolute Gasteiger partial charge is 0.342 e. The van der Waals surface area contributed by atoms with Gasteiger partial charge in [0.25, 0.3) is 11.8 Å². The van der Waals surface area contributed by atoms with Gasteiger partial charge in [0.2, 0.25) is 5.91 Å². The molecule has 1 saturated heterocycles. The first kappa shape index (κ1) is 21.6. The molecule has 3 rings (SSSR count). The third kappa shape index (κ3) is 5.29. The van der Waals surface area contributed by atoms with Gasteiger partial charge in [0.15, 0.2) is 0 Å². The Labute approximate surface area is 182 Å². The first-order valence-corrected chi connectivity index (χ1v) is 10.5. The fourth-order valence-electron chi connectivity index (χ4n) is 2.88. The molecule has 1 aromatic carbocycles. The molecule has 1 aromatic heterocycles. The summed E-state index contributed by atoms with van der Waals surface area (Å²) in [5.41, 5.74) is 0.961. The van der Waals surface area contributed by atoms with Crippen LogP contribution < -0.4 is 5.32 Å². The molecule has 1 N–H and O–H groups in total. The second-order valence-corrected chi connectivity index (χ2v) is 8.71. The second-order valence-electron chi connectivity index (χ2n) is 6.45. The summed E-state index contributed by atoms with van der Waals surface area (Å²) in [7, 11) is 0. The molecule has 1 aliphatic rings. The number of benzene rings is 1. The zero-order chi connectivity index (χ0) is 21.2. The molecule has 2 amide bonds. The van der Waals surface area contributed by atoms with Crippen LogP contribution in [-0.4, -0.2) is 46.8 Å². The van der Waals surface area contributed by atoms with Gasteiger partial charge in [-0.1, -0.05) is 27.5 Å². The number of nitrogens with zero attached hydrogens (tertiary/aromatic N) is 3. The number of carbonyl (C=O) groups excluding carboxylic acids is 2. The molecule has 152 valence electrons. The Morgan fingerprint density at radius 2 is 2.24 bits per heavy atom. The molecule has 1 fully saturated rings. The molecule has 0 spiro atoms. The summed E-state index contributed by atoms with van der Waals surface area (Å²) in [6.07, 6.45) is -0.265. The minimum Gasteiger partial charge on any atom is -0.342 e. The molecular formula is C18H14BrClF2N4O2S. The van der Waals surface area contributed by atoms with Gasteiger partial charge in [0.05, 0.1) is 24.2 Å². The lowest BCUT2D eigenvalue weighted by molar-refractivity contribution is -0.131. The summed E-state index contributed by atoms with van der Waals surface area (Å²) < 4.78 is 27.7. The van der Waals surface area contributed by atoms with Gasteiger partial charge in [0, 0.05) is 27.7 Å². The summed E-state index contributed by atoms with van der Waals surface area (Å²) in [5.74, 6) is -4.43. The quantitative estimate of drug-likeness (QED) is 0.675. The normalized spacial score (nSPS) is 17.8. The number of amides is 2. The molecule has 29 heavy (non-hydrogen) atoms. The van der Waals surface area contributed by atoms with Gasteiger partial charge in [0.1, 0.15) is 11.7 Å². The summed E-state index contributed by atoms with van der Waals surface area (Å²) in [6, 6.07) is 5.92. The lowest BCUT2D eigenvalue weighted by atomic mass is 10.1. The zero-order valence-electron chi connectivity index (χ0n) is 14.8. The number of nitriles is 1. The SMILES string of the molecule is N#C[C@@H]1CC(F)(F)CN1C(=O)CNC(=O)c1csc(Cc2cc(Br)ccc2Cl)n1. The van der Waals surface area contributed by atoms with Crippen LogP contribution in [0.3, 0.4) is 0 Å². The Bertz CT molecular complexity index is 994. The van der Waals surface area contributed by atoms with Crippen LogP contribution in [0, 0.1) is 11.3 Å². The van der Waals surface area contributed by atoms with E-state index in [4.69, 9.17) is 16.9 Å². The van der Waals surface area contributed by atoms with Crippen LogP contribution in [0.2, 0.25) is 5.02 Å². The maximum absolute atomic E-state index is 13.4. The molecule has 11 heteroatoms. The van der Waals surface area contributed by atoms with Crippen molar-refractivity contribution in [2.45, 2.75) is 24.8 Å². The van der Waals surface area contributed by atoms with Crippen molar-refractivity contribution in [2.75, 3.05) is 13.1 Å². The number of halogens is 4. The van der Waals surface area contributed by atoms with Crippen LogP contribution in [0.5, 0.6) is 0 Å². The smallest absolute Gasteiger partial charge is 0.271 e. The maximum Gasteiger partial charge on any atom is 0.271 e. The summed E-state index contributed by atoms with van der Waals surface area (Å²) in [5, 5.41) is 14.1. The van der Waals surface area contributed by atoms with E-state index in [0.717, 1.165) is 14.9 Å². The fraction of sp³-hybridized carbons (Fsp3) is 0.333. The van der Waals surface area contributed by atoms with Crippen molar-refractivity contribution in [3.8, 4) is 6.07 Å². The first-order chi connectivity index (χ1) is 13.7. The average Bonchev–Trinajstić information content (AvgIpc) is 3.26. The van der Waals surface area contributed by atoms with Gasteiger partial charge in [-0.15, -0.1) is 11.3 Å². The first-order valence-electron chi connectivity index (χ1n) is 8.42. The number of likely N-dealkylation sites (tertiary alicyclic amines) is 1. The van der Waals surface area contributed by atoms with Gasteiger partial charge >= 0.3 is 0 Å². The number of thiazole rings is 1. The molecule has 0 aliphatic carbocycles. The third-order valence-corrected chi connectivity index (χ3v) is 5.98. The highest BCUT2D eigenvalue weighted by Gasteiger charge is 2.47. The van der Waals surface area contributed by atoms with E-state index in [9.17, 15) is 18.4 Å². The van der Waals surface area contributed by atoms with Gasteiger partial charge in [-0.05, 0) is 23.8 Å². The Morgan fingerprint density at radius 3 is 2.97 bits per heavy atom. The van der Waals surface area contributed by atoms with Crippen molar-refractivity contribution >= 4 is 50.7 Å². The van der Waals surface area contributed by atoms with Gasteiger partial charge < -0.3 is 10.2 Å². The van der Waals surface area contributed by atoms with E-state index in [2.05, 4.69) is 26.2 Å². The number of nitrogens with one attached hydrogen (secondary N) is 1. The topological polar surface area (TPSA) is 86.1 Å². The minimum absolute atomic E-state index is 0.118. The summed E-state index contributed by atoms with van der Waals surface area (Å²) in [6.45, 7) is -1.31. The molecular weight excluding hydrogens is 490 g/mol. The van der Waals surface area contributed by atoms with Crippen LogP contribution in [0.25, 0.3) is 0 Å². The Hall–Kier alpha value is -2.09. The van der Waals surface area contributed by atoms with Crippen LogP contribution in [0.4, 0.5) is 8.78 Å². The van der Waals surface area contributed by atoms with Crippen molar-refractivity contribution in [3.05, 3.63) is 49.3 Å². The third-order valence-electron chi connectivity index (χ3n) is 4.27. The molecule has 0 radical (unpaired) electrons. The standard InChI is InChI=1S/C18H14BrClF2N4O2S/c19-11-1-2-13(20)10(3-11)4-15-25-14(8-29-15)17(28)24-7-16(27)26-9-18(21,22)5-12(26)6-23/h1-3,8,12H,4-5,7,9H2,(H,24,28)/t12-/m0/s1. The molecule has 1 atom stereocenters. The van der Waals surface area contributed by atoms with E-state index < -0.39 is 43.3 Å². The van der Waals surface area contributed by atoms with Crippen molar-refractivity contribution in [1.29, 1.82) is 5.26 Å². The van der Waals surface area contributed by atoms with Crippen LogP contribution in [0.15, 0.2) is 28.1 Å². The van der Waals surface area contributed by atoms with E-state index >= 15 is 0 Å². The van der Waals surface area contributed by atoms with E-state index in [1.54, 1.807) is 17.5 Å². The van der Waals surface area contributed by atoms with Gasteiger partial charge in [-0.25, -0.2) is 13.8 Å². The van der Waals surface area contributed by atoms with Crippen molar-refractivity contribution in [1.82, 2.24) is 15.2 Å². The molecule has 1 aliphatic heterocycles. The highest BCUT2D eigenvalue weighted by Crippen LogP contribution is 2.31. The van der Waals surface area contributed by atoms with E-state index in [1.165, 1.54) is 11.3 Å². The van der Waals surface area contributed by atoms with Crippen LogP contribution in [0.1, 0.15) is 27.5 Å². The summed E-state index contributed by atoms with van der Waals surface area (Å²) >= 11 is 10.8. The van der Waals surface area contributed by atoms with Gasteiger partial charge in [-0.3, -0.25) is 9.59 Å². The molecule has 0 unspecified atom stereocenters. The number of hydrogen-bond donors (Lipinski definition) is 1. The second kappa shape index (κ2) is 8.73. The monoisotopic (exact) mass is 502 g/mol. The Kier molecular flexibility index (Phi) is 6.51. The number of carbonyl (C=O) groups is 2. The van der Waals surface area contributed by atoms with Crippen LogP contribution in [-0.2, 0) is 11.2 Å². The van der Waals surface area contributed by atoms with E-state index in [0.29, 0.717) is 16.5 Å². The molecule has 6 nitrogen and oxygen atoms in total. The van der Waals surface area contributed by atoms with Gasteiger partial charge in [-0.2, -0.15) is 5.26 Å². The highest BCUT2D eigenvalue weighted by atomic mass is 79.9. The maximum atomic E-state index is 13.4.